The molecule has 7 aromatic rings. The number of phenols is 1. The Morgan fingerprint density at radius 1 is 0.350 bits per heavy atom. The van der Waals surface area contributed by atoms with Gasteiger partial charge in [-0.15, -0.1) is 0 Å². The predicted octanol–water partition coefficient (Wildman–Crippen LogP) is 15.6. The largest absolute Gasteiger partial charge is 0.508 e. The van der Waals surface area contributed by atoms with Gasteiger partial charge in [0.05, 0.1) is 0 Å². The van der Waals surface area contributed by atoms with E-state index in [1.807, 2.05) is 0 Å². The number of hydrogen-bond acceptors (Lipinski definition) is 1. The fourth-order valence-electron chi connectivity index (χ4n) is 9.52. The van der Waals surface area contributed by atoms with Crippen LogP contribution < -0.4 is 0 Å². The van der Waals surface area contributed by atoms with Crippen molar-refractivity contribution in [2.24, 2.45) is 0 Å². The fourth-order valence-corrected chi connectivity index (χ4v) is 9.52. The lowest BCUT2D eigenvalue weighted by Crippen LogP contribution is -2.21. The number of hydrogen-bond donors (Lipinski definition) is 1. The van der Waals surface area contributed by atoms with Gasteiger partial charge in [0.15, 0.2) is 0 Å². The third-order valence-corrected chi connectivity index (χ3v) is 14.2. The standard InChI is InChI=1S/C59H64O/c1-38-25-27-49(28-26-38)58(8,9)51-34-54(39(2)45-19-14-12-15-20-45)43(6)56(36-51)41(4)47-23-18-24-48(33-47)42(5)57-37-52(59(10,11)50-29-31-53(60)32-30-50)35-55(44(57)7)40(3)46-21-16-13-17-22-46/h12-37,39-42,60H,1-11H3. The molecule has 0 radical (unpaired) electrons. The van der Waals surface area contributed by atoms with Crippen LogP contribution in [-0.2, 0) is 10.8 Å². The molecule has 0 aliphatic heterocycles. The highest BCUT2D eigenvalue weighted by Gasteiger charge is 2.30. The van der Waals surface area contributed by atoms with Crippen molar-refractivity contribution in [3.8, 4) is 5.75 Å². The first kappa shape index (κ1) is 42.5. The number of aryl methyl sites for hydroxylation is 1. The Morgan fingerprint density at radius 3 is 1.03 bits per heavy atom. The number of phenolic OH excluding ortho intramolecular Hbond substituents is 1. The van der Waals surface area contributed by atoms with Crippen molar-refractivity contribution in [2.75, 3.05) is 0 Å². The van der Waals surface area contributed by atoms with Gasteiger partial charge < -0.3 is 5.11 Å². The Kier molecular flexibility index (Phi) is 12.1. The molecule has 1 nitrogen and oxygen atoms in total. The first-order chi connectivity index (χ1) is 28.6. The zero-order valence-electron chi connectivity index (χ0n) is 37.8. The Balaban J connectivity index is 1.33. The molecule has 306 valence electrons. The van der Waals surface area contributed by atoms with Crippen molar-refractivity contribution in [1.82, 2.24) is 0 Å². The van der Waals surface area contributed by atoms with E-state index in [0.717, 1.165) is 0 Å². The van der Waals surface area contributed by atoms with Crippen LogP contribution in [0.2, 0.25) is 0 Å². The van der Waals surface area contributed by atoms with E-state index in [4.69, 9.17) is 0 Å². The van der Waals surface area contributed by atoms with Crippen LogP contribution in [0.25, 0.3) is 0 Å². The van der Waals surface area contributed by atoms with Gasteiger partial charge in [-0.2, -0.15) is 0 Å². The SMILES string of the molecule is Cc1ccc(C(C)(C)c2cc(C(C)c3ccccc3)c(C)c(C(C)c3cccc(C(C)c4cc(C(C)(C)c5ccc(O)cc5)cc(C(C)c5ccccc5)c4C)c3)c2)cc1. The first-order valence-corrected chi connectivity index (χ1v) is 21.9. The molecule has 1 heteroatoms. The maximum absolute atomic E-state index is 10.2. The molecule has 0 heterocycles. The third kappa shape index (κ3) is 8.38. The summed E-state index contributed by atoms with van der Waals surface area (Å²) in [5, 5.41) is 10.2. The molecule has 60 heavy (non-hydrogen) atoms. The lowest BCUT2D eigenvalue weighted by atomic mass is 9.73. The van der Waals surface area contributed by atoms with Crippen LogP contribution >= 0.6 is 0 Å². The third-order valence-electron chi connectivity index (χ3n) is 14.2. The van der Waals surface area contributed by atoms with Crippen LogP contribution in [0, 0.1) is 20.8 Å². The summed E-state index contributed by atoms with van der Waals surface area (Å²) in [5.41, 5.74) is 19.5. The molecule has 0 aliphatic rings. The zero-order chi connectivity index (χ0) is 42.9. The van der Waals surface area contributed by atoms with E-state index in [0.29, 0.717) is 5.75 Å². The summed E-state index contributed by atoms with van der Waals surface area (Å²) in [6.07, 6.45) is 0. The minimum absolute atomic E-state index is 0.163. The molecular weight excluding hydrogens is 725 g/mol. The normalized spacial score (nSPS) is 14.1. The van der Waals surface area contributed by atoms with E-state index in [1.165, 1.54) is 83.5 Å². The summed E-state index contributed by atoms with van der Waals surface area (Å²) in [6.45, 7) is 25.7. The quantitative estimate of drug-likeness (QED) is 0.131. The van der Waals surface area contributed by atoms with Gasteiger partial charge in [-0.1, -0.05) is 207 Å². The molecular formula is C59H64O. The van der Waals surface area contributed by atoms with Gasteiger partial charge in [0.1, 0.15) is 5.75 Å². The van der Waals surface area contributed by atoms with Crippen LogP contribution in [-0.4, -0.2) is 5.11 Å². The smallest absolute Gasteiger partial charge is 0.115 e. The molecule has 7 aromatic carbocycles. The summed E-state index contributed by atoms with van der Waals surface area (Å²) in [6, 6.07) is 58.0. The maximum atomic E-state index is 10.2. The van der Waals surface area contributed by atoms with Gasteiger partial charge in [0.25, 0.3) is 0 Å². The second-order valence-corrected chi connectivity index (χ2v) is 18.6. The van der Waals surface area contributed by atoms with Gasteiger partial charge in [0.2, 0.25) is 0 Å². The maximum Gasteiger partial charge on any atom is 0.115 e. The average Bonchev–Trinajstić information content (AvgIpc) is 3.26. The average molecular weight is 789 g/mol. The molecule has 0 saturated heterocycles. The van der Waals surface area contributed by atoms with Crippen molar-refractivity contribution in [1.29, 1.82) is 0 Å². The molecule has 0 aliphatic carbocycles. The monoisotopic (exact) mass is 788 g/mol. The van der Waals surface area contributed by atoms with Gasteiger partial charge in [-0.3, -0.25) is 0 Å². The van der Waals surface area contributed by atoms with Crippen molar-refractivity contribution in [2.45, 2.75) is 111 Å². The lowest BCUT2D eigenvalue weighted by Gasteiger charge is -2.31. The molecule has 4 atom stereocenters. The second kappa shape index (κ2) is 17.1. The summed E-state index contributed by atoms with van der Waals surface area (Å²) in [4.78, 5) is 0. The van der Waals surface area contributed by atoms with E-state index >= 15 is 0 Å². The van der Waals surface area contributed by atoms with E-state index in [1.54, 1.807) is 12.1 Å². The molecule has 1 N–H and O–H groups in total. The van der Waals surface area contributed by atoms with Crippen LogP contribution in [0.3, 0.4) is 0 Å². The Hall–Kier alpha value is -5.66. The van der Waals surface area contributed by atoms with Crippen molar-refractivity contribution in [3.05, 3.63) is 241 Å². The number of rotatable bonds is 12. The molecule has 0 fully saturated rings. The van der Waals surface area contributed by atoms with Crippen LogP contribution in [0.1, 0.15) is 163 Å². The summed E-state index contributed by atoms with van der Waals surface area (Å²) >= 11 is 0. The lowest BCUT2D eigenvalue weighted by molar-refractivity contribution is 0.474. The Bertz CT molecular complexity index is 2380. The van der Waals surface area contributed by atoms with E-state index in [9.17, 15) is 5.11 Å². The molecule has 7 rings (SSSR count). The highest BCUT2D eigenvalue weighted by Crippen LogP contribution is 2.43. The molecule has 0 amide bonds. The summed E-state index contributed by atoms with van der Waals surface area (Å²) < 4.78 is 0. The summed E-state index contributed by atoms with van der Waals surface area (Å²) in [5.74, 6) is 1.12. The molecule has 0 spiro atoms. The predicted molar refractivity (Wildman–Crippen MR) is 255 cm³/mol. The Labute approximate surface area is 361 Å². The number of benzene rings is 7. The van der Waals surface area contributed by atoms with E-state index < -0.39 is 0 Å². The van der Waals surface area contributed by atoms with Gasteiger partial charge in [-0.05, 0) is 111 Å². The van der Waals surface area contributed by atoms with Crippen LogP contribution in [0.5, 0.6) is 5.75 Å². The molecule has 4 unspecified atom stereocenters. The first-order valence-electron chi connectivity index (χ1n) is 21.9. The van der Waals surface area contributed by atoms with Crippen LogP contribution in [0.4, 0.5) is 0 Å². The fraction of sp³-hybridized carbons (Fsp3) is 0.288. The van der Waals surface area contributed by atoms with Crippen molar-refractivity contribution < 1.29 is 5.11 Å². The highest BCUT2D eigenvalue weighted by molar-refractivity contribution is 5.55. The molecule has 0 saturated carbocycles. The summed E-state index contributed by atoms with van der Waals surface area (Å²) in [7, 11) is 0. The topological polar surface area (TPSA) is 20.2 Å². The van der Waals surface area contributed by atoms with E-state index in [2.05, 4.69) is 222 Å². The van der Waals surface area contributed by atoms with E-state index in [-0.39, 0.29) is 34.5 Å². The van der Waals surface area contributed by atoms with Gasteiger partial charge in [0, 0.05) is 34.5 Å². The molecule has 0 aromatic heterocycles. The minimum atomic E-state index is -0.277. The Morgan fingerprint density at radius 2 is 0.667 bits per heavy atom. The van der Waals surface area contributed by atoms with Crippen LogP contribution in [0.15, 0.2) is 158 Å². The second-order valence-electron chi connectivity index (χ2n) is 18.6. The van der Waals surface area contributed by atoms with Gasteiger partial charge >= 0.3 is 0 Å². The zero-order valence-corrected chi connectivity index (χ0v) is 37.8. The molecule has 0 bridgehead atoms. The highest BCUT2D eigenvalue weighted by atomic mass is 16.3. The minimum Gasteiger partial charge on any atom is -0.508 e. The van der Waals surface area contributed by atoms with Crippen molar-refractivity contribution >= 4 is 0 Å². The number of aromatic hydroxyl groups is 1. The van der Waals surface area contributed by atoms with Crippen molar-refractivity contribution in [3.63, 3.8) is 0 Å². The van der Waals surface area contributed by atoms with Gasteiger partial charge in [-0.25, -0.2) is 0 Å².